The van der Waals surface area contributed by atoms with Gasteiger partial charge >= 0.3 is 11.8 Å². The zero-order valence-electron chi connectivity index (χ0n) is 17.9. The van der Waals surface area contributed by atoms with E-state index < -0.39 is 17.9 Å². The standard InChI is InChI=1S/C25H26N2O4/c1-18(20-14-15-22(30-2)23(16-20)31-3)26-24(28)25(29)27(21-12-8-5-9-13-21)17-19-10-6-4-7-11-19/h4-16,18H,17H2,1-3H3,(H,26,28). The molecule has 6 heteroatoms. The largest absolute Gasteiger partial charge is 0.493 e. The lowest BCUT2D eigenvalue weighted by molar-refractivity contribution is -0.138. The third-order valence-electron chi connectivity index (χ3n) is 4.95. The Balaban J connectivity index is 1.78. The molecule has 1 N–H and O–H groups in total. The van der Waals surface area contributed by atoms with Crippen LogP contribution in [0.15, 0.2) is 78.9 Å². The number of amides is 2. The minimum absolute atomic E-state index is 0.293. The Kier molecular flexibility index (Phi) is 7.27. The molecule has 0 saturated carbocycles. The number of rotatable bonds is 7. The molecule has 0 aromatic heterocycles. The van der Waals surface area contributed by atoms with E-state index in [1.54, 1.807) is 26.4 Å². The van der Waals surface area contributed by atoms with E-state index in [0.29, 0.717) is 23.7 Å². The average Bonchev–Trinajstić information content (AvgIpc) is 2.82. The van der Waals surface area contributed by atoms with Crippen LogP contribution in [-0.2, 0) is 16.1 Å². The molecule has 0 aliphatic heterocycles. The Bertz CT molecular complexity index is 1020. The number of carbonyl (C=O) groups excluding carboxylic acids is 2. The number of para-hydroxylation sites is 1. The Morgan fingerprint density at radius 1 is 0.871 bits per heavy atom. The summed E-state index contributed by atoms with van der Waals surface area (Å²) in [5.74, 6) is -0.147. The van der Waals surface area contributed by atoms with Crippen molar-refractivity contribution in [3.05, 3.63) is 90.0 Å². The van der Waals surface area contributed by atoms with Gasteiger partial charge in [-0.05, 0) is 42.3 Å². The number of hydrogen-bond acceptors (Lipinski definition) is 4. The maximum Gasteiger partial charge on any atom is 0.316 e. The first-order valence-electron chi connectivity index (χ1n) is 9.96. The van der Waals surface area contributed by atoms with Crippen LogP contribution >= 0.6 is 0 Å². The summed E-state index contributed by atoms with van der Waals surface area (Å²) >= 11 is 0. The van der Waals surface area contributed by atoms with Gasteiger partial charge in [0.15, 0.2) is 11.5 Å². The van der Waals surface area contributed by atoms with Crippen LogP contribution in [-0.4, -0.2) is 26.0 Å². The van der Waals surface area contributed by atoms with Crippen molar-refractivity contribution in [3.63, 3.8) is 0 Å². The molecular formula is C25H26N2O4. The first-order chi connectivity index (χ1) is 15.0. The Morgan fingerprint density at radius 3 is 2.10 bits per heavy atom. The maximum absolute atomic E-state index is 13.1. The van der Waals surface area contributed by atoms with Crippen LogP contribution in [0.25, 0.3) is 0 Å². The monoisotopic (exact) mass is 418 g/mol. The lowest BCUT2D eigenvalue weighted by Gasteiger charge is -2.24. The van der Waals surface area contributed by atoms with Crippen LogP contribution in [0.2, 0.25) is 0 Å². The normalized spacial score (nSPS) is 11.3. The highest BCUT2D eigenvalue weighted by atomic mass is 16.5. The second-order valence-corrected chi connectivity index (χ2v) is 7.02. The van der Waals surface area contributed by atoms with Crippen LogP contribution in [0.5, 0.6) is 11.5 Å². The fourth-order valence-corrected chi connectivity index (χ4v) is 3.24. The number of methoxy groups -OCH3 is 2. The van der Waals surface area contributed by atoms with E-state index in [1.807, 2.05) is 73.7 Å². The maximum atomic E-state index is 13.1. The molecule has 0 fully saturated rings. The lowest BCUT2D eigenvalue weighted by atomic mass is 10.1. The third-order valence-corrected chi connectivity index (χ3v) is 4.95. The Labute approximate surface area is 182 Å². The Morgan fingerprint density at radius 2 is 1.48 bits per heavy atom. The van der Waals surface area contributed by atoms with E-state index in [-0.39, 0.29) is 0 Å². The van der Waals surface area contributed by atoms with Gasteiger partial charge in [-0.15, -0.1) is 0 Å². The number of nitrogens with one attached hydrogen (secondary N) is 1. The summed E-state index contributed by atoms with van der Waals surface area (Å²) in [6.45, 7) is 2.11. The summed E-state index contributed by atoms with van der Waals surface area (Å²) in [5, 5.41) is 2.79. The molecule has 3 aromatic rings. The van der Waals surface area contributed by atoms with Gasteiger partial charge < -0.3 is 14.8 Å². The van der Waals surface area contributed by atoms with Crippen molar-refractivity contribution in [2.45, 2.75) is 19.5 Å². The quantitative estimate of drug-likeness (QED) is 0.586. The minimum atomic E-state index is -0.679. The molecule has 0 aliphatic rings. The summed E-state index contributed by atoms with van der Waals surface area (Å²) in [6.07, 6.45) is 0. The van der Waals surface area contributed by atoms with Crippen LogP contribution in [0.4, 0.5) is 5.69 Å². The Hall–Kier alpha value is -3.80. The molecular weight excluding hydrogens is 392 g/mol. The molecule has 6 nitrogen and oxygen atoms in total. The number of carbonyl (C=O) groups is 2. The van der Waals surface area contributed by atoms with Gasteiger partial charge in [0.25, 0.3) is 0 Å². The molecule has 2 amide bonds. The molecule has 160 valence electrons. The molecule has 1 atom stereocenters. The van der Waals surface area contributed by atoms with Gasteiger partial charge in [-0.3, -0.25) is 14.5 Å². The zero-order valence-corrected chi connectivity index (χ0v) is 17.9. The second kappa shape index (κ2) is 10.3. The number of hydrogen-bond donors (Lipinski definition) is 1. The molecule has 0 saturated heterocycles. The number of nitrogens with zero attached hydrogens (tertiary/aromatic N) is 1. The van der Waals surface area contributed by atoms with E-state index >= 15 is 0 Å². The lowest BCUT2D eigenvalue weighted by Crippen LogP contribution is -2.43. The molecule has 0 aliphatic carbocycles. The highest BCUT2D eigenvalue weighted by Gasteiger charge is 2.25. The van der Waals surface area contributed by atoms with E-state index in [4.69, 9.17) is 9.47 Å². The minimum Gasteiger partial charge on any atom is -0.493 e. The summed E-state index contributed by atoms with van der Waals surface area (Å²) in [5.41, 5.74) is 2.39. The van der Waals surface area contributed by atoms with E-state index in [0.717, 1.165) is 11.1 Å². The molecule has 31 heavy (non-hydrogen) atoms. The van der Waals surface area contributed by atoms with Crippen molar-refractivity contribution in [1.82, 2.24) is 5.32 Å². The van der Waals surface area contributed by atoms with Crippen molar-refractivity contribution in [2.24, 2.45) is 0 Å². The van der Waals surface area contributed by atoms with Gasteiger partial charge in [-0.1, -0.05) is 54.6 Å². The summed E-state index contributed by atoms with van der Waals surface area (Å²) in [6, 6.07) is 23.7. The fraction of sp³-hybridized carbons (Fsp3) is 0.200. The molecule has 0 spiro atoms. The van der Waals surface area contributed by atoms with Gasteiger partial charge in [0.2, 0.25) is 0 Å². The first-order valence-corrected chi connectivity index (χ1v) is 9.96. The van der Waals surface area contributed by atoms with E-state index in [1.165, 1.54) is 4.90 Å². The van der Waals surface area contributed by atoms with Crippen LogP contribution in [0.3, 0.4) is 0 Å². The molecule has 0 radical (unpaired) electrons. The number of benzene rings is 3. The fourth-order valence-electron chi connectivity index (χ4n) is 3.24. The summed E-state index contributed by atoms with van der Waals surface area (Å²) in [7, 11) is 3.11. The highest BCUT2D eigenvalue weighted by molar-refractivity contribution is 6.40. The third kappa shape index (κ3) is 5.42. The molecule has 0 heterocycles. The predicted molar refractivity (Wildman–Crippen MR) is 120 cm³/mol. The summed E-state index contributed by atoms with van der Waals surface area (Å²) in [4.78, 5) is 27.4. The SMILES string of the molecule is COc1ccc(C(C)NC(=O)C(=O)N(Cc2ccccc2)c2ccccc2)cc1OC. The second-order valence-electron chi connectivity index (χ2n) is 7.02. The molecule has 0 bridgehead atoms. The topological polar surface area (TPSA) is 67.9 Å². The van der Waals surface area contributed by atoms with Crippen molar-refractivity contribution in [2.75, 3.05) is 19.1 Å². The summed E-state index contributed by atoms with van der Waals surface area (Å²) < 4.78 is 10.6. The molecule has 3 aromatic carbocycles. The van der Waals surface area contributed by atoms with Gasteiger partial charge in [0.05, 0.1) is 26.8 Å². The van der Waals surface area contributed by atoms with Gasteiger partial charge in [0, 0.05) is 5.69 Å². The number of anilines is 1. The molecule has 3 rings (SSSR count). The smallest absolute Gasteiger partial charge is 0.316 e. The van der Waals surface area contributed by atoms with Crippen LogP contribution < -0.4 is 19.7 Å². The average molecular weight is 418 g/mol. The van der Waals surface area contributed by atoms with Crippen LogP contribution in [0, 0.1) is 0 Å². The van der Waals surface area contributed by atoms with Gasteiger partial charge in [-0.2, -0.15) is 0 Å². The van der Waals surface area contributed by atoms with Crippen molar-refractivity contribution in [3.8, 4) is 11.5 Å². The van der Waals surface area contributed by atoms with Crippen LogP contribution in [0.1, 0.15) is 24.1 Å². The van der Waals surface area contributed by atoms with E-state index in [2.05, 4.69) is 5.32 Å². The van der Waals surface area contributed by atoms with Gasteiger partial charge in [0.1, 0.15) is 0 Å². The zero-order chi connectivity index (χ0) is 22.2. The molecule has 1 unspecified atom stereocenters. The van der Waals surface area contributed by atoms with Gasteiger partial charge in [-0.25, -0.2) is 0 Å². The van der Waals surface area contributed by atoms with E-state index in [9.17, 15) is 9.59 Å². The highest BCUT2D eigenvalue weighted by Crippen LogP contribution is 2.30. The van der Waals surface area contributed by atoms with Crippen molar-refractivity contribution < 1.29 is 19.1 Å². The first kappa shape index (κ1) is 21.9. The van der Waals surface area contributed by atoms with Crippen molar-refractivity contribution in [1.29, 1.82) is 0 Å². The van der Waals surface area contributed by atoms with Crippen molar-refractivity contribution >= 4 is 17.5 Å². The predicted octanol–water partition coefficient (Wildman–Crippen LogP) is 4.11. The number of ether oxygens (including phenoxy) is 2.